The van der Waals surface area contributed by atoms with Crippen molar-refractivity contribution in [3.63, 3.8) is 0 Å². The largest absolute Gasteiger partial charge is 0.335 e. The van der Waals surface area contributed by atoms with Crippen LogP contribution in [0.1, 0.15) is 23.1 Å². The van der Waals surface area contributed by atoms with Gasteiger partial charge in [-0.2, -0.15) is 0 Å². The summed E-state index contributed by atoms with van der Waals surface area (Å²) in [6.45, 7) is 1.96. The number of benzene rings is 2. The maximum Gasteiger partial charge on any atom is 0.252 e. The van der Waals surface area contributed by atoms with Crippen LogP contribution in [0.5, 0.6) is 0 Å². The van der Waals surface area contributed by atoms with Gasteiger partial charge in [-0.25, -0.2) is 13.2 Å². The van der Waals surface area contributed by atoms with Crippen molar-refractivity contribution in [2.75, 3.05) is 6.54 Å². The molecule has 2 bridgehead atoms. The quantitative estimate of drug-likeness (QED) is 0.688. The summed E-state index contributed by atoms with van der Waals surface area (Å²) >= 11 is 0. The summed E-state index contributed by atoms with van der Waals surface area (Å²) in [4.78, 5) is 29.8. The Hall–Kier alpha value is -3.35. The SMILES string of the molecule is Cc1c(CC(=O)N2C[C@H]3C[C@@H]2C=C3c2ccccc2F)c(=O)[nH]c2ccc(F)c(F)c12. The van der Waals surface area contributed by atoms with E-state index in [0.717, 1.165) is 11.6 Å². The van der Waals surface area contributed by atoms with Crippen LogP contribution in [-0.4, -0.2) is 28.4 Å². The molecule has 158 valence electrons. The van der Waals surface area contributed by atoms with Crippen LogP contribution in [-0.2, 0) is 11.2 Å². The summed E-state index contributed by atoms with van der Waals surface area (Å²) in [5, 5.41) is -0.0212. The number of carbonyl (C=O) groups excluding carboxylic acids is 1. The molecule has 2 heterocycles. The van der Waals surface area contributed by atoms with Crippen molar-refractivity contribution in [1.82, 2.24) is 9.88 Å². The highest BCUT2D eigenvalue weighted by Gasteiger charge is 2.42. The highest BCUT2D eigenvalue weighted by atomic mass is 19.2. The maximum atomic E-state index is 14.3. The van der Waals surface area contributed by atoms with Crippen molar-refractivity contribution in [3.05, 3.63) is 87.0 Å². The molecule has 0 radical (unpaired) electrons. The third-order valence-corrected chi connectivity index (χ3v) is 6.43. The molecule has 1 saturated heterocycles. The number of halogens is 3. The zero-order chi connectivity index (χ0) is 21.9. The van der Waals surface area contributed by atoms with Crippen LogP contribution in [0.25, 0.3) is 16.5 Å². The highest BCUT2D eigenvalue weighted by Crippen LogP contribution is 2.43. The predicted octanol–water partition coefficient (Wildman–Crippen LogP) is 4.11. The van der Waals surface area contributed by atoms with Gasteiger partial charge in [0.25, 0.3) is 5.56 Å². The van der Waals surface area contributed by atoms with Crippen LogP contribution in [0.2, 0.25) is 0 Å². The molecular formula is C24H19F3N2O2. The Kier molecular flexibility index (Phi) is 4.50. The van der Waals surface area contributed by atoms with Crippen LogP contribution in [0.4, 0.5) is 13.2 Å². The van der Waals surface area contributed by atoms with Gasteiger partial charge in [0.15, 0.2) is 11.6 Å². The van der Waals surface area contributed by atoms with Gasteiger partial charge in [-0.05, 0) is 42.7 Å². The average Bonchev–Trinajstić information content (AvgIpc) is 3.35. The average molecular weight is 424 g/mol. The summed E-state index contributed by atoms with van der Waals surface area (Å²) in [5.74, 6) is -2.57. The van der Waals surface area contributed by atoms with Crippen LogP contribution in [0.3, 0.4) is 0 Å². The lowest BCUT2D eigenvalue weighted by Crippen LogP contribution is -2.38. The van der Waals surface area contributed by atoms with E-state index in [4.69, 9.17) is 0 Å². The number of fused-ring (bicyclic) bond motifs is 3. The third kappa shape index (κ3) is 3.07. The first-order valence-electron chi connectivity index (χ1n) is 10.1. The molecule has 2 atom stereocenters. The van der Waals surface area contributed by atoms with Gasteiger partial charge in [0.2, 0.25) is 5.91 Å². The second-order valence-electron chi connectivity index (χ2n) is 8.17. The van der Waals surface area contributed by atoms with Gasteiger partial charge in [0, 0.05) is 29.0 Å². The summed E-state index contributed by atoms with van der Waals surface area (Å²) in [6, 6.07) is 8.68. The number of hydrogen-bond donors (Lipinski definition) is 1. The molecule has 2 aromatic carbocycles. The van der Waals surface area contributed by atoms with Gasteiger partial charge in [0.05, 0.1) is 18.0 Å². The van der Waals surface area contributed by atoms with Crippen molar-refractivity contribution >= 4 is 22.4 Å². The van der Waals surface area contributed by atoms with Crippen molar-refractivity contribution in [3.8, 4) is 0 Å². The highest BCUT2D eigenvalue weighted by molar-refractivity contribution is 5.87. The lowest BCUT2D eigenvalue weighted by molar-refractivity contribution is -0.130. The summed E-state index contributed by atoms with van der Waals surface area (Å²) in [7, 11) is 0. The van der Waals surface area contributed by atoms with Crippen LogP contribution in [0, 0.1) is 30.3 Å². The smallest absolute Gasteiger partial charge is 0.252 e. The number of H-pyrrole nitrogens is 1. The summed E-state index contributed by atoms with van der Waals surface area (Å²) in [5.41, 5.74) is 1.55. The Balaban J connectivity index is 1.44. The number of likely N-dealkylation sites (tertiary alicyclic amines) is 1. The minimum absolute atomic E-state index is 0.0212. The molecule has 1 aliphatic carbocycles. The lowest BCUT2D eigenvalue weighted by atomic mass is 9.95. The first kappa shape index (κ1) is 19.6. The molecule has 1 amide bonds. The third-order valence-electron chi connectivity index (χ3n) is 6.43. The van der Waals surface area contributed by atoms with E-state index in [2.05, 4.69) is 4.98 Å². The van der Waals surface area contributed by atoms with Gasteiger partial charge in [-0.15, -0.1) is 0 Å². The topological polar surface area (TPSA) is 53.2 Å². The van der Waals surface area contributed by atoms with E-state index in [-0.39, 0.29) is 52.1 Å². The number of carbonyl (C=O) groups is 1. The molecule has 0 spiro atoms. The second kappa shape index (κ2) is 7.11. The molecule has 0 unspecified atom stereocenters. The number of pyridine rings is 1. The molecule has 4 nitrogen and oxygen atoms in total. The first-order chi connectivity index (χ1) is 14.8. The van der Waals surface area contributed by atoms with Gasteiger partial charge in [-0.3, -0.25) is 9.59 Å². The zero-order valence-corrected chi connectivity index (χ0v) is 16.7. The molecule has 5 rings (SSSR count). The number of hydrogen-bond acceptors (Lipinski definition) is 2. The summed E-state index contributed by atoms with van der Waals surface area (Å²) < 4.78 is 42.2. The number of nitrogens with zero attached hydrogens (tertiary/aromatic N) is 1. The fourth-order valence-electron chi connectivity index (χ4n) is 4.89. The molecular weight excluding hydrogens is 405 g/mol. The Morgan fingerprint density at radius 3 is 2.61 bits per heavy atom. The fourth-order valence-corrected chi connectivity index (χ4v) is 4.89. The fraction of sp³-hybridized carbons (Fsp3) is 0.250. The number of aromatic amines is 1. The molecule has 3 aromatic rings. The minimum atomic E-state index is -1.04. The van der Waals surface area contributed by atoms with E-state index in [1.54, 1.807) is 23.1 Å². The van der Waals surface area contributed by atoms with Gasteiger partial charge in [0.1, 0.15) is 5.82 Å². The Bertz CT molecular complexity index is 1330. The number of nitrogens with one attached hydrogen (secondary N) is 1. The van der Waals surface area contributed by atoms with Crippen molar-refractivity contribution < 1.29 is 18.0 Å². The Labute approximate surface area is 176 Å². The Morgan fingerprint density at radius 2 is 1.90 bits per heavy atom. The second-order valence-corrected chi connectivity index (χ2v) is 8.17. The van der Waals surface area contributed by atoms with E-state index in [9.17, 15) is 22.8 Å². The van der Waals surface area contributed by atoms with Crippen molar-refractivity contribution in [2.24, 2.45) is 5.92 Å². The number of aryl methyl sites for hydroxylation is 1. The minimum Gasteiger partial charge on any atom is -0.335 e. The number of amides is 1. The standard InChI is InChI=1S/C24H19F3N2O2/c1-12-16(24(31)28-20-7-6-19(26)23(27)22(12)20)10-21(30)29-11-13-8-14(29)9-17(13)15-4-2-3-5-18(15)25/h2-7,9,13-14H,8,10-11H2,1H3,(H,28,31)/t13-,14-/m1/s1. The predicted molar refractivity (Wildman–Crippen MR) is 111 cm³/mol. The van der Waals surface area contributed by atoms with E-state index in [0.29, 0.717) is 18.5 Å². The molecule has 1 fully saturated rings. The molecule has 1 aliphatic heterocycles. The van der Waals surface area contributed by atoms with Crippen molar-refractivity contribution in [1.29, 1.82) is 0 Å². The maximum absolute atomic E-state index is 14.3. The first-order valence-corrected chi connectivity index (χ1v) is 10.1. The zero-order valence-electron chi connectivity index (χ0n) is 16.7. The number of rotatable bonds is 3. The van der Waals surface area contributed by atoms with E-state index in [1.807, 2.05) is 6.08 Å². The molecule has 1 N–H and O–H groups in total. The molecule has 1 aromatic heterocycles. The van der Waals surface area contributed by atoms with E-state index < -0.39 is 17.2 Å². The van der Waals surface area contributed by atoms with Crippen molar-refractivity contribution in [2.45, 2.75) is 25.8 Å². The van der Waals surface area contributed by atoms with E-state index in [1.165, 1.54) is 19.1 Å². The van der Waals surface area contributed by atoms with Crippen LogP contribution < -0.4 is 5.56 Å². The molecule has 31 heavy (non-hydrogen) atoms. The lowest BCUT2D eigenvalue weighted by Gasteiger charge is -2.27. The van der Waals surface area contributed by atoms with Crippen LogP contribution in [0.15, 0.2) is 47.3 Å². The monoisotopic (exact) mass is 424 g/mol. The summed E-state index contributed by atoms with van der Waals surface area (Å²) in [6.07, 6.45) is 2.42. The van der Waals surface area contributed by atoms with Gasteiger partial charge >= 0.3 is 0 Å². The Morgan fingerprint density at radius 1 is 1.13 bits per heavy atom. The molecule has 0 saturated carbocycles. The normalized spacial score (nSPS) is 19.9. The van der Waals surface area contributed by atoms with Gasteiger partial charge < -0.3 is 9.88 Å². The number of aromatic nitrogens is 1. The van der Waals surface area contributed by atoms with E-state index >= 15 is 0 Å². The molecule has 7 heteroatoms. The van der Waals surface area contributed by atoms with Gasteiger partial charge in [-0.1, -0.05) is 24.3 Å². The molecule has 2 aliphatic rings. The van der Waals surface area contributed by atoms with Crippen LogP contribution >= 0.6 is 0 Å².